The van der Waals surface area contributed by atoms with Gasteiger partial charge in [-0.15, -0.1) is 0 Å². The van der Waals surface area contributed by atoms with E-state index >= 15 is 0 Å². The Hall–Kier alpha value is -7.89. The lowest BCUT2D eigenvalue weighted by atomic mass is 9.94. The molecule has 0 aliphatic rings. The predicted molar refractivity (Wildman–Crippen MR) is 241 cm³/mol. The molecule has 13 rings (SSSR count). The van der Waals surface area contributed by atoms with Gasteiger partial charge in [0.2, 0.25) is 0 Å². The van der Waals surface area contributed by atoms with E-state index in [0.29, 0.717) is 17.5 Å². The van der Waals surface area contributed by atoms with Crippen LogP contribution in [0.1, 0.15) is 0 Å². The normalized spacial score (nSPS) is 12.1. The van der Waals surface area contributed by atoms with Gasteiger partial charge in [-0.3, -0.25) is 0 Å². The van der Waals surface area contributed by atoms with Gasteiger partial charge in [-0.2, -0.15) is 0 Å². The van der Waals surface area contributed by atoms with Crippen molar-refractivity contribution in [3.05, 3.63) is 188 Å². The minimum atomic E-state index is 0.639. The van der Waals surface area contributed by atoms with Crippen LogP contribution in [0.5, 0.6) is 0 Å². The lowest BCUT2D eigenvalue weighted by Gasteiger charge is -2.16. The summed E-state index contributed by atoms with van der Waals surface area (Å²) in [5, 5.41) is 12.0. The maximum atomic E-state index is 5.28. The second-order valence-corrected chi connectivity index (χ2v) is 15.1. The van der Waals surface area contributed by atoms with Crippen molar-refractivity contribution in [2.75, 3.05) is 0 Å². The average Bonchev–Trinajstić information content (AvgIpc) is 3.82. The number of nitrogens with zero attached hydrogens (tertiary/aromatic N) is 5. The molecule has 13 aromatic rings. The number of hydrogen-bond donors (Lipinski definition) is 0. The molecule has 4 aromatic heterocycles. The second kappa shape index (κ2) is 11.8. The maximum absolute atomic E-state index is 5.28. The first-order valence-corrected chi connectivity index (χ1v) is 19.7. The zero-order valence-electron chi connectivity index (χ0n) is 31.1. The Morgan fingerprint density at radius 1 is 0.259 bits per heavy atom. The van der Waals surface area contributed by atoms with Gasteiger partial charge in [-0.25, -0.2) is 15.0 Å². The van der Waals surface area contributed by atoms with Gasteiger partial charge >= 0.3 is 0 Å². The minimum Gasteiger partial charge on any atom is -0.306 e. The van der Waals surface area contributed by atoms with Crippen LogP contribution in [0.15, 0.2) is 188 Å². The third-order valence-electron chi connectivity index (χ3n) is 12.1. The van der Waals surface area contributed by atoms with Crippen LogP contribution in [0.25, 0.3) is 121 Å². The largest absolute Gasteiger partial charge is 0.306 e. The minimum absolute atomic E-state index is 0.639. The molecule has 0 saturated carbocycles. The molecule has 0 aliphatic heterocycles. The lowest BCUT2D eigenvalue weighted by molar-refractivity contribution is 1.08. The Balaban J connectivity index is 1.33. The summed E-state index contributed by atoms with van der Waals surface area (Å²) in [6, 6.07) is 67.3. The van der Waals surface area contributed by atoms with Gasteiger partial charge in [0, 0.05) is 54.4 Å². The standard InChI is InChI=1S/C53H31N5/c1-3-16-32(17-4-1)51-54-52(33-18-5-2-6-19-33)56-53(55-51)42-31-30-41-46-37-23-9-7-20-34(37)35-21-8-10-24-38(35)49(46)58-43-27-13-11-22-36(43)39-26-15-29-45(48(39)58)57-44-28-14-12-25-40(44)47(42)50(41)57/h1-31H. The molecular weight excluding hydrogens is 707 g/mol. The quantitative estimate of drug-likeness (QED) is 0.170. The average molecular weight is 738 g/mol. The molecule has 0 spiro atoms. The van der Waals surface area contributed by atoms with Crippen molar-refractivity contribution in [3.63, 3.8) is 0 Å². The molecule has 0 amide bonds. The molecule has 5 heteroatoms. The summed E-state index contributed by atoms with van der Waals surface area (Å²) in [4.78, 5) is 15.6. The molecule has 0 N–H and O–H groups in total. The molecule has 268 valence electrons. The van der Waals surface area contributed by atoms with Crippen LogP contribution in [0, 0.1) is 0 Å². The Kier molecular flexibility index (Phi) is 6.38. The third kappa shape index (κ3) is 4.22. The van der Waals surface area contributed by atoms with Gasteiger partial charge in [-0.1, -0.05) is 164 Å². The maximum Gasteiger partial charge on any atom is 0.164 e. The van der Waals surface area contributed by atoms with E-state index in [0.717, 1.165) is 49.4 Å². The van der Waals surface area contributed by atoms with E-state index < -0.39 is 0 Å². The number of fused-ring (bicyclic) bond motifs is 15. The summed E-state index contributed by atoms with van der Waals surface area (Å²) < 4.78 is 5.05. The fourth-order valence-corrected chi connectivity index (χ4v) is 9.70. The topological polar surface area (TPSA) is 47.5 Å². The zero-order valence-corrected chi connectivity index (χ0v) is 31.1. The van der Waals surface area contributed by atoms with E-state index in [9.17, 15) is 0 Å². The van der Waals surface area contributed by atoms with E-state index in [1.165, 1.54) is 54.3 Å². The van der Waals surface area contributed by atoms with Gasteiger partial charge in [0.05, 0.1) is 33.1 Å². The van der Waals surface area contributed by atoms with Crippen molar-refractivity contribution in [2.24, 2.45) is 0 Å². The van der Waals surface area contributed by atoms with E-state index in [-0.39, 0.29) is 0 Å². The van der Waals surface area contributed by atoms with Gasteiger partial charge in [0.15, 0.2) is 17.5 Å². The van der Waals surface area contributed by atoms with E-state index in [1.807, 2.05) is 36.4 Å². The Morgan fingerprint density at radius 3 is 1.41 bits per heavy atom. The molecule has 5 nitrogen and oxygen atoms in total. The first kappa shape index (κ1) is 31.3. The zero-order chi connectivity index (χ0) is 37.9. The predicted octanol–water partition coefficient (Wildman–Crippen LogP) is 13.5. The van der Waals surface area contributed by atoms with Crippen LogP contribution in [-0.4, -0.2) is 23.8 Å². The molecule has 58 heavy (non-hydrogen) atoms. The highest BCUT2D eigenvalue weighted by Crippen LogP contribution is 2.46. The van der Waals surface area contributed by atoms with Crippen LogP contribution in [0.4, 0.5) is 0 Å². The van der Waals surface area contributed by atoms with Crippen molar-refractivity contribution in [1.29, 1.82) is 0 Å². The smallest absolute Gasteiger partial charge is 0.164 e. The van der Waals surface area contributed by atoms with Crippen molar-refractivity contribution in [2.45, 2.75) is 0 Å². The summed E-state index contributed by atoms with van der Waals surface area (Å²) in [5.74, 6) is 1.92. The van der Waals surface area contributed by atoms with Crippen molar-refractivity contribution in [1.82, 2.24) is 23.8 Å². The van der Waals surface area contributed by atoms with Crippen LogP contribution < -0.4 is 0 Å². The molecule has 0 fully saturated rings. The number of aromatic nitrogens is 5. The Bertz CT molecular complexity index is 3790. The highest BCUT2D eigenvalue weighted by Gasteiger charge is 2.24. The van der Waals surface area contributed by atoms with E-state index in [1.54, 1.807) is 0 Å². The molecule has 4 heterocycles. The third-order valence-corrected chi connectivity index (χ3v) is 12.1. The van der Waals surface area contributed by atoms with Crippen LogP contribution >= 0.6 is 0 Å². The summed E-state index contributed by atoms with van der Waals surface area (Å²) in [7, 11) is 0. The number of benzene rings is 9. The molecule has 0 atom stereocenters. The molecule has 0 bridgehead atoms. The van der Waals surface area contributed by atoms with Crippen molar-refractivity contribution in [3.8, 4) is 34.2 Å². The highest BCUT2D eigenvalue weighted by atomic mass is 15.0. The lowest BCUT2D eigenvalue weighted by Crippen LogP contribution is -2.01. The molecule has 0 radical (unpaired) electrons. The van der Waals surface area contributed by atoms with Crippen molar-refractivity contribution < 1.29 is 0 Å². The number of rotatable bonds is 3. The summed E-state index contributed by atoms with van der Waals surface area (Å²) in [6.07, 6.45) is 0. The Morgan fingerprint density at radius 2 is 0.724 bits per heavy atom. The van der Waals surface area contributed by atoms with E-state index in [2.05, 4.69) is 160 Å². The number of para-hydroxylation sites is 3. The second-order valence-electron chi connectivity index (χ2n) is 15.1. The van der Waals surface area contributed by atoms with Gasteiger partial charge in [0.25, 0.3) is 0 Å². The molecule has 0 unspecified atom stereocenters. The van der Waals surface area contributed by atoms with Gasteiger partial charge in [-0.05, 0) is 40.4 Å². The summed E-state index contributed by atoms with van der Waals surface area (Å²) in [5.41, 5.74) is 9.80. The summed E-state index contributed by atoms with van der Waals surface area (Å²) >= 11 is 0. The van der Waals surface area contributed by atoms with Crippen molar-refractivity contribution >= 4 is 87.0 Å². The SMILES string of the molecule is c1ccc(-c2nc(-c3ccccc3)nc(-c3ccc4c5c6ccccc6c6ccccc6c5n5c6ccccc6c6cccc(c65)n5c6ccccc6c3c45)n2)cc1. The molecule has 0 saturated heterocycles. The van der Waals surface area contributed by atoms with Crippen LogP contribution in [0.3, 0.4) is 0 Å². The van der Waals surface area contributed by atoms with Crippen LogP contribution in [0.2, 0.25) is 0 Å². The van der Waals surface area contributed by atoms with Gasteiger partial charge in [0.1, 0.15) is 0 Å². The van der Waals surface area contributed by atoms with E-state index in [4.69, 9.17) is 15.0 Å². The molecule has 9 aromatic carbocycles. The molecule has 0 aliphatic carbocycles. The fraction of sp³-hybridized carbons (Fsp3) is 0. The Labute approximate surface area is 331 Å². The first-order valence-electron chi connectivity index (χ1n) is 19.7. The number of hydrogen-bond acceptors (Lipinski definition) is 3. The first-order chi connectivity index (χ1) is 28.8. The van der Waals surface area contributed by atoms with Gasteiger partial charge < -0.3 is 8.80 Å². The highest BCUT2D eigenvalue weighted by molar-refractivity contribution is 6.34. The fourth-order valence-electron chi connectivity index (χ4n) is 9.70. The van der Waals surface area contributed by atoms with Crippen LogP contribution in [-0.2, 0) is 0 Å². The molecular formula is C53H31N5. The summed E-state index contributed by atoms with van der Waals surface area (Å²) in [6.45, 7) is 0. The monoisotopic (exact) mass is 737 g/mol.